The van der Waals surface area contributed by atoms with Crippen LogP contribution >= 0.6 is 0 Å². The van der Waals surface area contributed by atoms with E-state index in [9.17, 15) is 4.79 Å². The van der Waals surface area contributed by atoms with Gasteiger partial charge in [0.05, 0.1) is 12.2 Å². The van der Waals surface area contributed by atoms with Gasteiger partial charge in [-0.2, -0.15) is 5.26 Å². The Morgan fingerprint density at radius 3 is 2.46 bits per heavy atom. The summed E-state index contributed by atoms with van der Waals surface area (Å²) in [4.78, 5) is 12.9. The Hall–Kier alpha value is -1.08. The molecule has 1 atom stereocenters. The highest BCUT2D eigenvalue weighted by atomic mass is 16.3. The molecule has 13 heavy (non-hydrogen) atoms. The fraction of sp³-hybridized carbons (Fsp3) is 0.778. The Morgan fingerprint density at radius 2 is 2.15 bits per heavy atom. The minimum absolute atomic E-state index is 0.254. The predicted octanol–water partition coefficient (Wildman–Crippen LogP) is 0.375. The smallest absolute Gasteiger partial charge is 0.242 e. The van der Waals surface area contributed by atoms with Gasteiger partial charge in [0.1, 0.15) is 5.41 Å². The second kappa shape index (κ2) is 4.24. The predicted molar refractivity (Wildman–Crippen MR) is 48.7 cm³/mol. The number of nitriles is 1. The molecular formula is C9H16N2O2. The molecule has 74 valence electrons. The van der Waals surface area contributed by atoms with Crippen molar-refractivity contribution < 1.29 is 9.90 Å². The van der Waals surface area contributed by atoms with Crippen molar-refractivity contribution in [3.8, 4) is 6.07 Å². The van der Waals surface area contributed by atoms with Crippen molar-refractivity contribution in [1.29, 1.82) is 5.26 Å². The lowest BCUT2D eigenvalue weighted by molar-refractivity contribution is -0.137. The number of rotatable bonds is 3. The van der Waals surface area contributed by atoms with Crippen molar-refractivity contribution in [2.75, 3.05) is 13.6 Å². The highest BCUT2D eigenvalue weighted by molar-refractivity contribution is 5.84. The first-order valence-electron chi connectivity index (χ1n) is 4.16. The molecule has 0 aromatic heterocycles. The van der Waals surface area contributed by atoms with E-state index in [4.69, 9.17) is 10.4 Å². The average molecular weight is 184 g/mol. The maximum absolute atomic E-state index is 11.5. The Morgan fingerprint density at radius 1 is 1.69 bits per heavy atom. The number of carbonyl (C=O) groups is 1. The number of aliphatic hydroxyl groups excluding tert-OH is 1. The molecular weight excluding hydrogens is 168 g/mol. The van der Waals surface area contributed by atoms with E-state index in [1.807, 2.05) is 6.07 Å². The van der Waals surface area contributed by atoms with E-state index >= 15 is 0 Å². The summed E-state index contributed by atoms with van der Waals surface area (Å²) in [6.07, 6.45) is -0.566. The summed E-state index contributed by atoms with van der Waals surface area (Å²) in [5.41, 5.74) is -1.01. The normalized spacial score (nSPS) is 13.2. The van der Waals surface area contributed by atoms with Crippen LogP contribution in [-0.2, 0) is 4.79 Å². The molecule has 0 aliphatic rings. The van der Waals surface area contributed by atoms with Crippen LogP contribution in [0.1, 0.15) is 20.8 Å². The largest absolute Gasteiger partial charge is 0.392 e. The molecule has 0 aromatic carbocycles. The van der Waals surface area contributed by atoms with Gasteiger partial charge in [-0.25, -0.2) is 0 Å². The third-order valence-electron chi connectivity index (χ3n) is 1.70. The van der Waals surface area contributed by atoms with Gasteiger partial charge in [-0.3, -0.25) is 4.79 Å². The van der Waals surface area contributed by atoms with E-state index < -0.39 is 11.5 Å². The zero-order chi connectivity index (χ0) is 10.6. The number of nitrogens with zero attached hydrogens (tertiary/aromatic N) is 2. The average Bonchev–Trinajstić information content (AvgIpc) is 2.01. The lowest BCUT2D eigenvalue weighted by Gasteiger charge is -2.24. The van der Waals surface area contributed by atoms with Crippen molar-refractivity contribution in [2.45, 2.75) is 26.9 Å². The molecule has 0 aliphatic carbocycles. The quantitative estimate of drug-likeness (QED) is 0.689. The monoisotopic (exact) mass is 184 g/mol. The fourth-order valence-corrected chi connectivity index (χ4v) is 1.00. The van der Waals surface area contributed by atoms with Crippen molar-refractivity contribution in [2.24, 2.45) is 5.41 Å². The lowest BCUT2D eigenvalue weighted by atomic mass is 9.94. The number of amides is 1. The molecule has 0 saturated heterocycles. The number of carbonyl (C=O) groups excluding carboxylic acids is 1. The molecule has 0 saturated carbocycles. The second-order valence-electron chi connectivity index (χ2n) is 3.77. The minimum Gasteiger partial charge on any atom is -0.392 e. The van der Waals surface area contributed by atoms with Gasteiger partial charge in [0.25, 0.3) is 0 Å². The Bertz CT molecular complexity index is 228. The van der Waals surface area contributed by atoms with Crippen LogP contribution in [0.15, 0.2) is 0 Å². The number of aliphatic hydroxyl groups is 1. The summed E-state index contributed by atoms with van der Waals surface area (Å²) in [7, 11) is 1.58. The number of likely N-dealkylation sites (N-methyl/N-ethyl adjacent to an activating group) is 1. The van der Waals surface area contributed by atoms with Gasteiger partial charge < -0.3 is 10.0 Å². The van der Waals surface area contributed by atoms with Crippen molar-refractivity contribution in [3.05, 3.63) is 0 Å². The standard InChI is InChI=1S/C9H16N2O2/c1-7(12)5-11(4)8(13)9(2,3)6-10/h7,12H,5H2,1-4H3. The summed E-state index contributed by atoms with van der Waals surface area (Å²) < 4.78 is 0. The van der Waals surface area contributed by atoms with E-state index in [1.165, 1.54) is 4.90 Å². The molecule has 0 rings (SSSR count). The van der Waals surface area contributed by atoms with Gasteiger partial charge in [-0.05, 0) is 20.8 Å². The molecule has 4 nitrogen and oxygen atoms in total. The maximum atomic E-state index is 11.5. The summed E-state index contributed by atoms with van der Waals surface area (Å²) in [6.45, 7) is 4.98. The van der Waals surface area contributed by atoms with Gasteiger partial charge in [0, 0.05) is 13.6 Å². The summed E-state index contributed by atoms with van der Waals surface area (Å²) in [5, 5.41) is 17.7. The molecule has 0 spiro atoms. The molecule has 1 N–H and O–H groups in total. The van der Waals surface area contributed by atoms with Gasteiger partial charge in [-0.1, -0.05) is 0 Å². The summed E-state index contributed by atoms with van der Waals surface area (Å²) in [6, 6.07) is 1.92. The molecule has 4 heteroatoms. The number of hydrogen-bond acceptors (Lipinski definition) is 3. The third kappa shape index (κ3) is 3.43. The SMILES string of the molecule is CC(O)CN(C)C(=O)C(C)(C)C#N. The first kappa shape index (κ1) is 11.9. The molecule has 1 amide bonds. The van der Waals surface area contributed by atoms with E-state index in [1.54, 1.807) is 27.8 Å². The van der Waals surface area contributed by atoms with Crippen LogP contribution in [0.3, 0.4) is 0 Å². The highest BCUT2D eigenvalue weighted by Crippen LogP contribution is 2.16. The molecule has 0 heterocycles. The first-order chi connectivity index (χ1) is 5.81. The van der Waals surface area contributed by atoms with E-state index in [2.05, 4.69) is 0 Å². The van der Waals surface area contributed by atoms with E-state index in [0.717, 1.165) is 0 Å². The molecule has 0 bridgehead atoms. The van der Waals surface area contributed by atoms with E-state index in [0.29, 0.717) is 0 Å². The molecule has 0 aromatic rings. The fourth-order valence-electron chi connectivity index (χ4n) is 1.00. The van der Waals surface area contributed by atoms with Crippen LogP contribution in [0.4, 0.5) is 0 Å². The molecule has 0 aliphatic heterocycles. The van der Waals surface area contributed by atoms with E-state index in [-0.39, 0.29) is 12.5 Å². The van der Waals surface area contributed by atoms with Crippen LogP contribution < -0.4 is 0 Å². The zero-order valence-corrected chi connectivity index (χ0v) is 8.53. The third-order valence-corrected chi connectivity index (χ3v) is 1.70. The highest BCUT2D eigenvalue weighted by Gasteiger charge is 2.30. The lowest BCUT2D eigenvalue weighted by Crippen LogP contribution is -2.40. The molecule has 1 unspecified atom stereocenters. The van der Waals surface area contributed by atoms with Gasteiger partial charge in [0.15, 0.2) is 0 Å². The minimum atomic E-state index is -1.01. The Labute approximate surface area is 78.8 Å². The van der Waals surface area contributed by atoms with Crippen LogP contribution in [0, 0.1) is 16.7 Å². The van der Waals surface area contributed by atoms with Crippen molar-refractivity contribution >= 4 is 5.91 Å². The van der Waals surface area contributed by atoms with Gasteiger partial charge in [0.2, 0.25) is 5.91 Å². The maximum Gasteiger partial charge on any atom is 0.242 e. The Kier molecular flexibility index (Phi) is 3.89. The van der Waals surface area contributed by atoms with Crippen LogP contribution in [0.5, 0.6) is 0 Å². The van der Waals surface area contributed by atoms with Crippen LogP contribution in [-0.4, -0.2) is 35.6 Å². The summed E-state index contributed by atoms with van der Waals surface area (Å²) >= 11 is 0. The van der Waals surface area contributed by atoms with Crippen molar-refractivity contribution in [1.82, 2.24) is 4.90 Å². The second-order valence-corrected chi connectivity index (χ2v) is 3.77. The van der Waals surface area contributed by atoms with Crippen molar-refractivity contribution in [3.63, 3.8) is 0 Å². The zero-order valence-electron chi connectivity index (χ0n) is 8.53. The van der Waals surface area contributed by atoms with Gasteiger partial charge >= 0.3 is 0 Å². The number of hydrogen-bond donors (Lipinski definition) is 1. The Balaban J connectivity index is 4.37. The van der Waals surface area contributed by atoms with Crippen LogP contribution in [0.25, 0.3) is 0 Å². The molecule has 0 radical (unpaired) electrons. The topological polar surface area (TPSA) is 64.3 Å². The first-order valence-corrected chi connectivity index (χ1v) is 4.16. The summed E-state index contributed by atoms with van der Waals surface area (Å²) in [5.74, 6) is -0.268. The van der Waals surface area contributed by atoms with Crippen LogP contribution in [0.2, 0.25) is 0 Å². The molecule has 0 fully saturated rings. The van der Waals surface area contributed by atoms with Gasteiger partial charge in [-0.15, -0.1) is 0 Å².